The molecule has 31 heavy (non-hydrogen) atoms. The van der Waals surface area contributed by atoms with Crippen LogP contribution in [0.15, 0.2) is 60.2 Å². The van der Waals surface area contributed by atoms with E-state index in [4.69, 9.17) is 4.98 Å². The molecule has 0 N–H and O–H groups in total. The van der Waals surface area contributed by atoms with Crippen molar-refractivity contribution in [3.8, 4) is 11.3 Å². The minimum absolute atomic E-state index is 0.0408. The summed E-state index contributed by atoms with van der Waals surface area (Å²) in [4.78, 5) is 10.5. The van der Waals surface area contributed by atoms with Crippen LogP contribution >= 0.6 is 22.7 Å². The van der Waals surface area contributed by atoms with Gasteiger partial charge in [0.15, 0.2) is 0 Å². The Balaban J connectivity index is 1.72. The van der Waals surface area contributed by atoms with Crippen LogP contribution in [0.3, 0.4) is 0 Å². The van der Waals surface area contributed by atoms with Crippen LogP contribution in [-0.4, -0.2) is 9.97 Å². The van der Waals surface area contributed by atoms with Crippen molar-refractivity contribution >= 4 is 63.8 Å². The highest BCUT2D eigenvalue weighted by atomic mass is 32.1. The Bertz CT molecular complexity index is 1630. The second-order valence-electron chi connectivity index (χ2n) is 9.24. The fourth-order valence-corrected chi connectivity index (χ4v) is 6.92. The van der Waals surface area contributed by atoms with Crippen molar-refractivity contribution in [2.45, 2.75) is 33.1 Å². The topological polar surface area (TPSA) is 25.8 Å². The normalized spacial score (nSPS) is 12.5. The molecule has 0 saturated heterocycles. The molecule has 0 spiro atoms. The molecule has 3 heterocycles. The second kappa shape index (κ2) is 6.59. The maximum atomic E-state index is 4.81. The van der Waals surface area contributed by atoms with Gasteiger partial charge in [-0.2, -0.15) is 0 Å². The molecule has 6 aromatic rings. The zero-order valence-corrected chi connectivity index (χ0v) is 19.6. The molecule has 0 aliphatic carbocycles. The number of aromatic nitrogens is 2. The number of thiophene rings is 2. The number of aryl methyl sites for hydroxylation is 1. The van der Waals surface area contributed by atoms with Gasteiger partial charge in [-0.25, -0.2) is 9.97 Å². The average molecular weight is 439 g/mol. The van der Waals surface area contributed by atoms with Crippen LogP contribution < -0.4 is 0 Å². The molecule has 0 amide bonds. The van der Waals surface area contributed by atoms with Crippen LogP contribution in [0.2, 0.25) is 0 Å². The van der Waals surface area contributed by atoms with E-state index in [-0.39, 0.29) is 5.41 Å². The highest BCUT2D eigenvalue weighted by Crippen LogP contribution is 2.44. The van der Waals surface area contributed by atoms with E-state index in [9.17, 15) is 0 Å². The predicted molar refractivity (Wildman–Crippen MR) is 137 cm³/mol. The lowest BCUT2D eigenvalue weighted by molar-refractivity contribution is 0.596. The van der Waals surface area contributed by atoms with E-state index in [1.807, 2.05) is 11.3 Å². The fraction of sp³-hybridized carbons (Fsp3) is 0.185. The lowest BCUT2D eigenvalue weighted by Crippen LogP contribution is -2.12. The number of fused-ring (bicyclic) bond motifs is 6. The van der Waals surface area contributed by atoms with E-state index in [2.05, 4.69) is 86.6 Å². The van der Waals surface area contributed by atoms with E-state index >= 15 is 0 Å². The van der Waals surface area contributed by atoms with Crippen molar-refractivity contribution in [1.29, 1.82) is 0 Å². The molecule has 0 atom stereocenters. The van der Waals surface area contributed by atoms with Crippen molar-refractivity contribution in [2.24, 2.45) is 0 Å². The minimum atomic E-state index is 0.0408. The first-order valence-electron chi connectivity index (χ1n) is 10.5. The summed E-state index contributed by atoms with van der Waals surface area (Å²) in [5.41, 5.74) is 4.93. The zero-order valence-electron chi connectivity index (χ0n) is 18.0. The van der Waals surface area contributed by atoms with Gasteiger partial charge in [-0.1, -0.05) is 57.2 Å². The number of hydrogen-bond donors (Lipinski definition) is 0. The first kappa shape index (κ1) is 18.9. The summed E-state index contributed by atoms with van der Waals surface area (Å²) in [6.45, 7) is 9.03. The summed E-state index contributed by atoms with van der Waals surface area (Å²) >= 11 is 3.62. The molecule has 3 aromatic carbocycles. The molecule has 152 valence electrons. The van der Waals surface area contributed by atoms with E-state index in [0.29, 0.717) is 0 Å². The monoisotopic (exact) mass is 438 g/mol. The third kappa shape index (κ3) is 2.82. The van der Waals surface area contributed by atoms with Gasteiger partial charge in [-0.3, -0.25) is 0 Å². The molecule has 3 aromatic heterocycles. The van der Waals surface area contributed by atoms with Gasteiger partial charge >= 0.3 is 0 Å². The van der Waals surface area contributed by atoms with Gasteiger partial charge in [0, 0.05) is 16.3 Å². The Morgan fingerprint density at radius 3 is 2.48 bits per heavy atom. The third-order valence-corrected chi connectivity index (χ3v) is 8.51. The number of rotatable bonds is 1. The van der Waals surface area contributed by atoms with E-state index in [1.54, 1.807) is 17.7 Å². The van der Waals surface area contributed by atoms with Crippen molar-refractivity contribution in [3.63, 3.8) is 0 Å². The second-order valence-corrected chi connectivity index (χ2v) is 11.1. The first-order chi connectivity index (χ1) is 14.9. The van der Waals surface area contributed by atoms with Gasteiger partial charge in [0.05, 0.1) is 15.1 Å². The summed E-state index contributed by atoms with van der Waals surface area (Å²) in [6.07, 6.45) is 1.72. The molecule has 0 aliphatic heterocycles. The first-order valence-corrected chi connectivity index (χ1v) is 12.2. The molecular formula is C27H22N2S2. The standard InChI is InChI=1S/C27H22N2S2/c1-15-13-30-24-18(15)9-10-20-22-23(28-14-29-26(22)31-25(20)24)17-11-16-7-5-6-8-19(16)21(12-17)27(2,3)4/h5-14H,1-4H3. The van der Waals surface area contributed by atoms with Crippen molar-refractivity contribution in [2.75, 3.05) is 0 Å². The van der Waals surface area contributed by atoms with Gasteiger partial charge in [0.2, 0.25) is 0 Å². The summed E-state index contributed by atoms with van der Waals surface area (Å²) in [5, 5.41) is 8.60. The zero-order chi connectivity index (χ0) is 21.3. The number of benzene rings is 3. The third-order valence-electron chi connectivity index (χ3n) is 6.11. The molecule has 2 nitrogen and oxygen atoms in total. The lowest BCUT2D eigenvalue weighted by Gasteiger charge is -2.22. The van der Waals surface area contributed by atoms with Crippen molar-refractivity contribution < 1.29 is 0 Å². The maximum Gasteiger partial charge on any atom is 0.128 e. The van der Waals surface area contributed by atoms with Gasteiger partial charge in [-0.05, 0) is 57.1 Å². The Hall–Kier alpha value is -2.82. The van der Waals surface area contributed by atoms with E-state index in [0.717, 1.165) is 16.1 Å². The molecule has 0 unspecified atom stereocenters. The van der Waals surface area contributed by atoms with Crippen molar-refractivity contribution in [1.82, 2.24) is 9.97 Å². The molecular weight excluding hydrogens is 416 g/mol. The Kier molecular flexibility index (Phi) is 4.02. The highest BCUT2D eigenvalue weighted by molar-refractivity contribution is 7.30. The molecule has 4 heteroatoms. The molecule has 0 fully saturated rings. The quantitative estimate of drug-likeness (QED) is 0.257. The van der Waals surface area contributed by atoms with Crippen LogP contribution in [0, 0.1) is 6.92 Å². The van der Waals surface area contributed by atoms with Gasteiger partial charge < -0.3 is 0 Å². The molecule has 0 bridgehead atoms. The maximum absolute atomic E-state index is 4.81. The fourth-order valence-electron chi connectivity index (χ4n) is 4.57. The van der Waals surface area contributed by atoms with Crippen LogP contribution in [0.4, 0.5) is 0 Å². The Morgan fingerprint density at radius 1 is 0.839 bits per heavy atom. The largest absolute Gasteiger partial charge is 0.236 e. The highest BCUT2D eigenvalue weighted by Gasteiger charge is 2.21. The van der Waals surface area contributed by atoms with Gasteiger partial charge in [0.25, 0.3) is 0 Å². The van der Waals surface area contributed by atoms with Crippen LogP contribution in [0.1, 0.15) is 31.9 Å². The number of nitrogens with zero attached hydrogens (tertiary/aromatic N) is 2. The summed E-state index contributed by atoms with van der Waals surface area (Å²) in [7, 11) is 0. The average Bonchev–Trinajstić information content (AvgIpc) is 3.32. The van der Waals surface area contributed by atoms with E-state index < -0.39 is 0 Å². The molecule has 0 radical (unpaired) electrons. The van der Waals surface area contributed by atoms with Gasteiger partial charge in [-0.15, -0.1) is 22.7 Å². The summed E-state index contributed by atoms with van der Waals surface area (Å²) in [5.74, 6) is 0. The molecule has 0 saturated carbocycles. The van der Waals surface area contributed by atoms with Crippen LogP contribution in [-0.2, 0) is 5.41 Å². The number of hydrogen-bond acceptors (Lipinski definition) is 4. The Labute approximate surface area is 189 Å². The van der Waals surface area contributed by atoms with Crippen LogP contribution in [0.5, 0.6) is 0 Å². The van der Waals surface area contributed by atoms with Crippen molar-refractivity contribution in [3.05, 3.63) is 71.4 Å². The molecule has 0 aliphatic rings. The van der Waals surface area contributed by atoms with Crippen LogP contribution in [0.25, 0.3) is 52.4 Å². The van der Waals surface area contributed by atoms with Gasteiger partial charge in [0.1, 0.15) is 11.2 Å². The van der Waals surface area contributed by atoms with E-state index in [1.165, 1.54) is 47.5 Å². The smallest absolute Gasteiger partial charge is 0.128 e. The lowest BCUT2D eigenvalue weighted by atomic mass is 9.82. The molecule has 6 rings (SSSR count). The summed E-state index contributed by atoms with van der Waals surface area (Å²) < 4.78 is 2.68. The minimum Gasteiger partial charge on any atom is -0.236 e. The Morgan fingerprint density at radius 2 is 1.65 bits per heavy atom. The summed E-state index contributed by atoms with van der Waals surface area (Å²) in [6, 6.07) is 17.8. The SMILES string of the molecule is Cc1csc2c1ccc1c2sc2ncnc(-c3cc(C(C)(C)C)c4ccccc4c3)c21. The predicted octanol–water partition coefficient (Wildman–Crippen LogP) is 8.49.